The summed E-state index contributed by atoms with van der Waals surface area (Å²) < 4.78 is 1.65. The van der Waals surface area contributed by atoms with E-state index < -0.39 is 0 Å². The van der Waals surface area contributed by atoms with Crippen molar-refractivity contribution in [3.05, 3.63) is 77.9 Å². The van der Waals surface area contributed by atoms with E-state index in [4.69, 9.17) is 0 Å². The molecule has 0 fully saturated rings. The van der Waals surface area contributed by atoms with Crippen LogP contribution >= 0.6 is 11.3 Å². The number of benzene rings is 1. The molecule has 1 aromatic carbocycles. The summed E-state index contributed by atoms with van der Waals surface area (Å²) in [5.41, 5.74) is 1.13. The summed E-state index contributed by atoms with van der Waals surface area (Å²) in [4.78, 5) is 22.4. The van der Waals surface area contributed by atoms with Gasteiger partial charge in [-0.25, -0.2) is 14.6 Å². The maximum atomic E-state index is 12.4. The molecule has 0 aliphatic rings. The Hall–Kier alpha value is -3.32. The van der Waals surface area contributed by atoms with Crippen molar-refractivity contribution in [3.8, 4) is 16.5 Å². The summed E-state index contributed by atoms with van der Waals surface area (Å²) in [5, 5.41) is 9.08. The predicted molar refractivity (Wildman–Crippen MR) is 106 cm³/mol. The number of thiophene rings is 1. The first-order valence-corrected chi connectivity index (χ1v) is 9.43. The van der Waals surface area contributed by atoms with Gasteiger partial charge >= 0.3 is 0 Å². The van der Waals surface area contributed by atoms with E-state index in [2.05, 4.69) is 20.4 Å². The van der Waals surface area contributed by atoms with E-state index in [9.17, 15) is 4.79 Å². The summed E-state index contributed by atoms with van der Waals surface area (Å²) in [5.74, 6) is 1.56. The van der Waals surface area contributed by atoms with Gasteiger partial charge in [0.2, 0.25) is 5.91 Å². The van der Waals surface area contributed by atoms with Crippen LogP contribution in [-0.2, 0) is 11.2 Å². The number of anilines is 1. The highest BCUT2D eigenvalue weighted by molar-refractivity contribution is 7.13. The molecule has 6 nitrogen and oxygen atoms in total. The van der Waals surface area contributed by atoms with Gasteiger partial charge < -0.3 is 5.32 Å². The maximum Gasteiger partial charge on any atom is 0.225 e. The van der Waals surface area contributed by atoms with Gasteiger partial charge in [-0.2, -0.15) is 5.10 Å². The first-order valence-electron chi connectivity index (χ1n) is 8.55. The number of carbonyl (C=O) groups excluding carboxylic acids is 1. The molecule has 1 amide bonds. The van der Waals surface area contributed by atoms with Crippen LogP contribution in [0.5, 0.6) is 0 Å². The first kappa shape index (κ1) is 17.1. The van der Waals surface area contributed by atoms with Crippen LogP contribution in [-0.4, -0.2) is 25.7 Å². The number of carbonyl (C=O) groups is 1. The molecule has 0 unspecified atom stereocenters. The van der Waals surface area contributed by atoms with Gasteiger partial charge in [0.15, 0.2) is 11.6 Å². The number of rotatable bonds is 6. The lowest BCUT2D eigenvalue weighted by atomic mass is 10.1. The van der Waals surface area contributed by atoms with Gasteiger partial charge in [0, 0.05) is 24.9 Å². The highest BCUT2D eigenvalue weighted by atomic mass is 32.1. The van der Waals surface area contributed by atoms with Gasteiger partial charge in [-0.15, -0.1) is 11.3 Å². The van der Waals surface area contributed by atoms with E-state index in [1.807, 2.05) is 60.1 Å². The van der Waals surface area contributed by atoms with E-state index in [0.29, 0.717) is 30.3 Å². The molecule has 0 aliphatic carbocycles. The molecule has 1 N–H and O–H groups in total. The Morgan fingerprint density at radius 3 is 2.70 bits per heavy atom. The van der Waals surface area contributed by atoms with Gasteiger partial charge in [-0.05, 0) is 29.5 Å². The molecule has 4 rings (SSSR count). The number of nitrogens with zero attached hydrogens (tertiary/aromatic N) is 4. The van der Waals surface area contributed by atoms with E-state index in [0.717, 1.165) is 10.4 Å². The molecule has 3 heterocycles. The van der Waals surface area contributed by atoms with Crippen molar-refractivity contribution in [2.75, 3.05) is 5.32 Å². The van der Waals surface area contributed by atoms with Crippen molar-refractivity contribution >= 4 is 23.1 Å². The van der Waals surface area contributed by atoms with Crippen LogP contribution in [0.2, 0.25) is 0 Å². The third-order valence-corrected chi connectivity index (χ3v) is 4.81. The van der Waals surface area contributed by atoms with Crippen molar-refractivity contribution in [1.29, 1.82) is 0 Å². The van der Waals surface area contributed by atoms with E-state index in [1.54, 1.807) is 28.3 Å². The van der Waals surface area contributed by atoms with Crippen molar-refractivity contribution in [2.24, 2.45) is 0 Å². The second kappa shape index (κ2) is 7.92. The quantitative estimate of drug-likeness (QED) is 0.554. The zero-order valence-corrected chi connectivity index (χ0v) is 15.3. The van der Waals surface area contributed by atoms with E-state index >= 15 is 0 Å². The Kier molecular flexibility index (Phi) is 5.02. The third kappa shape index (κ3) is 4.27. The molecule has 7 heteroatoms. The van der Waals surface area contributed by atoms with E-state index in [-0.39, 0.29) is 5.91 Å². The SMILES string of the molecule is O=C(CCc1ccccc1)Nc1cc(-n2cccn2)nc(-c2cccs2)n1. The smallest absolute Gasteiger partial charge is 0.225 e. The van der Waals surface area contributed by atoms with Crippen LogP contribution in [0.3, 0.4) is 0 Å². The fourth-order valence-corrected chi connectivity index (χ4v) is 3.30. The molecule has 27 heavy (non-hydrogen) atoms. The second-order valence-corrected chi connectivity index (χ2v) is 6.84. The molecule has 0 aliphatic heterocycles. The Morgan fingerprint density at radius 2 is 1.96 bits per heavy atom. The Bertz CT molecular complexity index is 961. The predicted octanol–water partition coefficient (Wildman–Crippen LogP) is 3.96. The minimum Gasteiger partial charge on any atom is -0.311 e. The average Bonchev–Trinajstić information content (AvgIpc) is 3.41. The molecule has 0 saturated carbocycles. The van der Waals surface area contributed by atoms with Gasteiger partial charge in [0.25, 0.3) is 0 Å². The number of aryl methyl sites for hydroxylation is 1. The lowest BCUT2D eigenvalue weighted by molar-refractivity contribution is -0.116. The average molecular weight is 375 g/mol. The third-order valence-electron chi connectivity index (χ3n) is 3.94. The van der Waals surface area contributed by atoms with Crippen LogP contribution < -0.4 is 5.32 Å². The minimum absolute atomic E-state index is 0.0823. The molecule has 0 saturated heterocycles. The van der Waals surface area contributed by atoms with Crippen molar-refractivity contribution in [1.82, 2.24) is 19.7 Å². The molecular weight excluding hydrogens is 358 g/mol. The number of nitrogens with one attached hydrogen (secondary N) is 1. The topological polar surface area (TPSA) is 72.7 Å². The molecular formula is C20H17N5OS. The van der Waals surface area contributed by atoms with Crippen molar-refractivity contribution < 1.29 is 4.79 Å². The van der Waals surface area contributed by atoms with Crippen molar-refractivity contribution in [2.45, 2.75) is 12.8 Å². The normalized spacial score (nSPS) is 10.7. The lowest BCUT2D eigenvalue weighted by Crippen LogP contribution is -2.14. The van der Waals surface area contributed by atoms with Gasteiger partial charge in [0.05, 0.1) is 4.88 Å². The summed E-state index contributed by atoms with van der Waals surface area (Å²) in [6.07, 6.45) is 4.56. The Labute approximate surface area is 160 Å². The number of hydrogen-bond acceptors (Lipinski definition) is 5. The van der Waals surface area contributed by atoms with Gasteiger partial charge in [-0.1, -0.05) is 36.4 Å². The molecule has 0 bridgehead atoms. The Morgan fingerprint density at radius 1 is 1.07 bits per heavy atom. The molecule has 0 atom stereocenters. The van der Waals surface area contributed by atoms with Gasteiger partial charge in [0.1, 0.15) is 5.82 Å². The number of aromatic nitrogens is 4. The molecule has 3 aromatic heterocycles. The standard InChI is InChI=1S/C20H17N5OS/c26-19(10-9-15-6-2-1-3-7-15)22-17-14-18(25-12-5-11-21-25)24-20(23-17)16-8-4-13-27-16/h1-8,11-14H,9-10H2,(H,22,23,24,26). The van der Waals surface area contributed by atoms with Crippen LogP contribution in [0.4, 0.5) is 5.82 Å². The summed E-state index contributed by atoms with van der Waals surface area (Å²) in [6, 6.07) is 17.4. The monoisotopic (exact) mass is 375 g/mol. The van der Waals surface area contributed by atoms with Crippen LogP contribution in [0.1, 0.15) is 12.0 Å². The zero-order valence-electron chi connectivity index (χ0n) is 14.4. The van der Waals surface area contributed by atoms with Crippen LogP contribution in [0, 0.1) is 0 Å². The highest BCUT2D eigenvalue weighted by Crippen LogP contribution is 2.24. The molecule has 0 radical (unpaired) electrons. The summed E-state index contributed by atoms with van der Waals surface area (Å²) in [7, 11) is 0. The molecule has 134 valence electrons. The zero-order chi connectivity index (χ0) is 18.5. The van der Waals surface area contributed by atoms with E-state index in [1.165, 1.54) is 0 Å². The largest absolute Gasteiger partial charge is 0.311 e. The van der Waals surface area contributed by atoms with Crippen molar-refractivity contribution in [3.63, 3.8) is 0 Å². The minimum atomic E-state index is -0.0823. The second-order valence-electron chi connectivity index (χ2n) is 5.90. The number of hydrogen-bond donors (Lipinski definition) is 1. The lowest BCUT2D eigenvalue weighted by Gasteiger charge is -2.09. The Balaban J connectivity index is 1.55. The van der Waals surface area contributed by atoms with Crippen LogP contribution in [0.15, 0.2) is 72.4 Å². The first-order chi connectivity index (χ1) is 13.3. The fraction of sp³-hybridized carbons (Fsp3) is 0.100. The number of amides is 1. The highest BCUT2D eigenvalue weighted by Gasteiger charge is 2.12. The van der Waals surface area contributed by atoms with Gasteiger partial charge in [-0.3, -0.25) is 4.79 Å². The fourth-order valence-electron chi connectivity index (χ4n) is 2.64. The maximum absolute atomic E-state index is 12.4. The summed E-state index contributed by atoms with van der Waals surface area (Å²) >= 11 is 1.55. The molecule has 0 spiro atoms. The summed E-state index contributed by atoms with van der Waals surface area (Å²) in [6.45, 7) is 0. The van der Waals surface area contributed by atoms with Crippen LogP contribution in [0.25, 0.3) is 16.5 Å². The molecule has 4 aromatic rings.